The van der Waals surface area contributed by atoms with Crippen LogP contribution in [-0.4, -0.2) is 17.0 Å². The monoisotopic (exact) mass is 252 g/mol. The number of aryl methyl sites for hydroxylation is 1. The van der Waals surface area contributed by atoms with E-state index in [1.54, 1.807) is 0 Å². The number of aromatic nitrogens is 1. The van der Waals surface area contributed by atoms with Gasteiger partial charge in [0.1, 0.15) is 0 Å². The standard InChI is InChI=1S/C16H16N2O/c1-3-18-15-9-5-4-8-13(15)14(16(18)19)11-12-7-6-10-17(12)2/h4-11H,3H2,1-2H3/b14-11+. The van der Waals surface area contributed by atoms with Crippen LogP contribution in [-0.2, 0) is 11.8 Å². The molecule has 96 valence electrons. The van der Waals surface area contributed by atoms with E-state index in [1.807, 2.05) is 72.1 Å². The lowest BCUT2D eigenvalue weighted by atomic mass is 10.1. The Bertz CT molecular complexity index is 667. The predicted molar refractivity (Wildman–Crippen MR) is 77.8 cm³/mol. The summed E-state index contributed by atoms with van der Waals surface area (Å²) in [6.45, 7) is 2.69. The second-order valence-corrected chi connectivity index (χ2v) is 4.67. The number of anilines is 1. The fourth-order valence-electron chi connectivity index (χ4n) is 2.53. The highest BCUT2D eigenvalue weighted by Gasteiger charge is 2.30. The first kappa shape index (κ1) is 11.8. The molecule has 0 saturated heterocycles. The highest BCUT2D eigenvalue weighted by atomic mass is 16.2. The summed E-state index contributed by atoms with van der Waals surface area (Å²) in [6.07, 6.45) is 3.95. The molecular formula is C16H16N2O. The zero-order valence-electron chi connectivity index (χ0n) is 11.1. The summed E-state index contributed by atoms with van der Waals surface area (Å²) >= 11 is 0. The molecule has 0 aliphatic carbocycles. The third kappa shape index (κ3) is 1.78. The molecule has 2 heterocycles. The number of para-hydroxylation sites is 1. The molecule has 0 atom stereocenters. The molecule has 3 nitrogen and oxygen atoms in total. The lowest BCUT2D eigenvalue weighted by molar-refractivity contribution is -0.112. The molecule has 1 amide bonds. The largest absolute Gasteiger partial charge is 0.351 e. The van der Waals surface area contributed by atoms with Crippen LogP contribution in [0.25, 0.3) is 11.6 Å². The number of carbonyl (C=O) groups is 1. The number of benzene rings is 1. The zero-order valence-corrected chi connectivity index (χ0v) is 11.1. The van der Waals surface area contributed by atoms with Gasteiger partial charge in [-0.3, -0.25) is 4.79 Å². The highest BCUT2D eigenvalue weighted by molar-refractivity contribution is 6.35. The number of rotatable bonds is 2. The van der Waals surface area contributed by atoms with Crippen LogP contribution in [0.4, 0.5) is 5.69 Å². The van der Waals surface area contributed by atoms with Crippen LogP contribution in [0.2, 0.25) is 0 Å². The Hall–Kier alpha value is -2.29. The third-order valence-corrected chi connectivity index (χ3v) is 3.55. The molecule has 0 fully saturated rings. The van der Waals surface area contributed by atoms with Gasteiger partial charge in [0, 0.05) is 31.0 Å². The summed E-state index contributed by atoms with van der Waals surface area (Å²) in [5.41, 5.74) is 3.85. The minimum absolute atomic E-state index is 0.0879. The normalized spacial score (nSPS) is 16.2. The van der Waals surface area contributed by atoms with E-state index in [-0.39, 0.29) is 5.91 Å². The van der Waals surface area contributed by atoms with Crippen LogP contribution >= 0.6 is 0 Å². The summed E-state index contributed by atoms with van der Waals surface area (Å²) in [5, 5.41) is 0. The molecular weight excluding hydrogens is 236 g/mol. The SMILES string of the molecule is CCN1C(=O)/C(=C/c2cccn2C)c2ccccc21. The maximum atomic E-state index is 12.5. The number of nitrogens with zero attached hydrogens (tertiary/aromatic N) is 2. The van der Waals surface area contributed by atoms with Crippen LogP contribution in [0.1, 0.15) is 18.2 Å². The minimum atomic E-state index is 0.0879. The first-order chi connectivity index (χ1) is 9.22. The summed E-state index contributed by atoms with van der Waals surface area (Å²) in [5.74, 6) is 0.0879. The summed E-state index contributed by atoms with van der Waals surface area (Å²) < 4.78 is 2.01. The molecule has 1 aromatic heterocycles. The van der Waals surface area contributed by atoms with Gasteiger partial charge in [-0.1, -0.05) is 18.2 Å². The van der Waals surface area contributed by atoms with Crippen molar-refractivity contribution in [2.45, 2.75) is 6.92 Å². The van der Waals surface area contributed by atoms with Gasteiger partial charge >= 0.3 is 0 Å². The minimum Gasteiger partial charge on any atom is -0.351 e. The van der Waals surface area contributed by atoms with E-state index in [0.717, 1.165) is 22.5 Å². The van der Waals surface area contributed by atoms with Gasteiger partial charge in [-0.15, -0.1) is 0 Å². The Morgan fingerprint density at radius 1 is 1.16 bits per heavy atom. The lowest BCUT2D eigenvalue weighted by Gasteiger charge is -2.13. The Morgan fingerprint density at radius 3 is 2.63 bits per heavy atom. The van der Waals surface area contributed by atoms with Gasteiger partial charge in [0.25, 0.3) is 5.91 Å². The number of likely N-dealkylation sites (N-methyl/N-ethyl adjacent to an activating group) is 1. The van der Waals surface area contributed by atoms with Gasteiger partial charge in [-0.25, -0.2) is 0 Å². The molecule has 0 radical (unpaired) electrons. The van der Waals surface area contributed by atoms with Gasteiger partial charge in [0.15, 0.2) is 0 Å². The van der Waals surface area contributed by atoms with Crippen LogP contribution in [0.15, 0.2) is 42.6 Å². The number of hydrogen-bond donors (Lipinski definition) is 0. The quantitative estimate of drug-likeness (QED) is 0.754. The molecule has 0 unspecified atom stereocenters. The second-order valence-electron chi connectivity index (χ2n) is 4.67. The van der Waals surface area contributed by atoms with Crippen LogP contribution in [0.3, 0.4) is 0 Å². The van der Waals surface area contributed by atoms with E-state index in [4.69, 9.17) is 0 Å². The van der Waals surface area contributed by atoms with E-state index in [2.05, 4.69) is 0 Å². The first-order valence-electron chi connectivity index (χ1n) is 6.46. The van der Waals surface area contributed by atoms with Gasteiger partial charge in [-0.2, -0.15) is 0 Å². The smallest absolute Gasteiger partial charge is 0.259 e. The molecule has 0 bridgehead atoms. The maximum absolute atomic E-state index is 12.5. The molecule has 19 heavy (non-hydrogen) atoms. The Labute approximate surface area is 112 Å². The lowest BCUT2D eigenvalue weighted by Crippen LogP contribution is -2.25. The second kappa shape index (κ2) is 4.43. The topological polar surface area (TPSA) is 25.2 Å². The van der Waals surface area contributed by atoms with Gasteiger partial charge < -0.3 is 9.47 Å². The van der Waals surface area contributed by atoms with E-state index in [0.29, 0.717) is 6.54 Å². The number of carbonyl (C=O) groups excluding carboxylic acids is 1. The van der Waals surface area contributed by atoms with Crippen molar-refractivity contribution in [1.29, 1.82) is 0 Å². The molecule has 0 N–H and O–H groups in total. The van der Waals surface area contributed by atoms with Crippen molar-refractivity contribution < 1.29 is 4.79 Å². The Kier molecular flexibility index (Phi) is 2.75. The van der Waals surface area contributed by atoms with Crippen LogP contribution in [0, 0.1) is 0 Å². The zero-order chi connectivity index (χ0) is 13.4. The van der Waals surface area contributed by atoms with E-state index in [9.17, 15) is 4.79 Å². The van der Waals surface area contributed by atoms with Crippen LogP contribution in [0.5, 0.6) is 0 Å². The Morgan fingerprint density at radius 2 is 1.95 bits per heavy atom. The number of fused-ring (bicyclic) bond motifs is 1. The van der Waals surface area contributed by atoms with Crippen molar-refractivity contribution >= 4 is 23.2 Å². The van der Waals surface area contributed by atoms with Gasteiger partial charge in [-0.05, 0) is 31.2 Å². The van der Waals surface area contributed by atoms with Crippen LogP contribution < -0.4 is 4.90 Å². The van der Waals surface area contributed by atoms with Crippen molar-refractivity contribution in [3.05, 3.63) is 53.9 Å². The summed E-state index contributed by atoms with van der Waals surface area (Å²) in [7, 11) is 1.98. The molecule has 1 aromatic carbocycles. The molecule has 2 aromatic rings. The number of hydrogen-bond acceptors (Lipinski definition) is 1. The molecule has 1 aliphatic heterocycles. The Balaban J connectivity index is 2.15. The van der Waals surface area contributed by atoms with Crippen molar-refractivity contribution in [2.75, 3.05) is 11.4 Å². The summed E-state index contributed by atoms with van der Waals surface area (Å²) in [4.78, 5) is 14.3. The predicted octanol–water partition coefficient (Wildman–Crippen LogP) is 2.93. The van der Waals surface area contributed by atoms with Crippen molar-refractivity contribution in [3.63, 3.8) is 0 Å². The molecule has 3 rings (SSSR count). The average molecular weight is 252 g/mol. The van der Waals surface area contributed by atoms with E-state index < -0.39 is 0 Å². The molecule has 1 aliphatic rings. The third-order valence-electron chi connectivity index (χ3n) is 3.55. The van der Waals surface area contributed by atoms with Gasteiger partial charge in [0.05, 0.1) is 11.3 Å². The molecule has 0 saturated carbocycles. The fourth-order valence-corrected chi connectivity index (χ4v) is 2.53. The van der Waals surface area contributed by atoms with Crippen molar-refractivity contribution in [1.82, 2.24) is 4.57 Å². The average Bonchev–Trinajstić information content (AvgIpc) is 2.93. The maximum Gasteiger partial charge on any atom is 0.259 e. The van der Waals surface area contributed by atoms with Gasteiger partial charge in [0.2, 0.25) is 0 Å². The van der Waals surface area contributed by atoms with E-state index in [1.165, 1.54) is 0 Å². The van der Waals surface area contributed by atoms with Crippen molar-refractivity contribution in [3.8, 4) is 0 Å². The van der Waals surface area contributed by atoms with Crippen molar-refractivity contribution in [2.24, 2.45) is 7.05 Å². The molecule has 0 spiro atoms. The number of amides is 1. The fraction of sp³-hybridized carbons (Fsp3) is 0.188. The van der Waals surface area contributed by atoms with E-state index >= 15 is 0 Å². The summed E-state index contributed by atoms with van der Waals surface area (Å²) in [6, 6.07) is 12.0. The highest BCUT2D eigenvalue weighted by Crippen LogP contribution is 2.37. The first-order valence-corrected chi connectivity index (χ1v) is 6.46. The molecule has 3 heteroatoms.